The van der Waals surface area contributed by atoms with Crippen LogP contribution in [0.1, 0.15) is 50.4 Å². The summed E-state index contributed by atoms with van der Waals surface area (Å²) >= 11 is 0. The normalized spacial score (nSPS) is 26.8. The van der Waals surface area contributed by atoms with Crippen LogP contribution in [0.2, 0.25) is 0 Å². The van der Waals surface area contributed by atoms with E-state index in [0.29, 0.717) is 17.5 Å². The van der Waals surface area contributed by atoms with Gasteiger partial charge in [-0.3, -0.25) is 0 Å². The molecule has 0 spiro atoms. The lowest BCUT2D eigenvalue weighted by atomic mass is 9.96. The largest absolute Gasteiger partial charge is 0.330 e. The Balaban J connectivity index is 1.83. The van der Waals surface area contributed by atoms with E-state index < -0.39 is 9.84 Å². The Kier molecular flexibility index (Phi) is 3.86. The molecular formula is C14H23N3O2S. The fourth-order valence-corrected chi connectivity index (χ4v) is 4.95. The Morgan fingerprint density at radius 3 is 2.85 bits per heavy atom. The first-order valence-corrected chi connectivity index (χ1v) is 9.38. The van der Waals surface area contributed by atoms with E-state index in [1.54, 1.807) is 0 Å². The first-order valence-electron chi connectivity index (χ1n) is 7.56. The number of hydrogen-bond donors (Lipinski definition) is 1. The highest BCUT2D eigenvalue weighted by Gasteiger charge is 2.37. The monoisotopic (exact) mass is 297 g/mol. The topological polar surface area (TPSA) is 64.0 Å². The molecule has 0 bridgehead atoms. The average Bonchev–Trinajstić information content (AvgIpc) is 3.03. The quantitative estimate of drug-likeness (QED) is 0.868. The van der Waals surface area contributed by atoms with Crippen molar-refractivity contribution < 1.29 is 8.42 Å². The predicted molar refractivity (Wildman–Crippen MR) is 78.3 cm³/mol. The lowest BCUT2D eigenvalue weighted by Crippen LogP contribution is -2.31. The maximum absolute atomic E-state index is 11.8. The zero-order valence-corrected chi connectivity index (χ0v) is 12.8. The maximum atomic E-state index is 11.8. The highest BCUT2D eigenvalue weighted by Crippen LogP contribution is 2.39. The first-order chi connectivity index (χ1) is 9.61. The molecule has 2 heterocycles. The van der Waals surface area contributed by atoms with E-state index in [1.807, 2.05) is 12.5 Å². The predicted octanol–water partition coefficient (Wildman–Crippen LogP) is 1.69. The van der Waals surface area contributed by atoms with Gasteiger partial charge in [0.05, 0.1) is 29.6 Å². The highest BCUT2D eigenvalue weighted by atomic mass is 32.2. The summed E-state index contributed by atoms with van der Waals surface area (Å²) in [5.41, 5.74) is 1.17. The minimum atomic E-state index is -2.84. The molecule has 1 N–H and O–H groups in total. The Morgan fingerprint density at radius 2 is 2.25 bits per heavy atom. The molecule has 2 fully saturated rings. The Bertz CT molecular complexity index is 563. The molecule has 112 valence electrons. The van der Waals surface area contributed by atoms with Gasteiger partial charge in [0.1, 0.15) is 0 Å². The summed E-state index contributed by atoms with van der Waals surface area (Å²) in [6.07, 6.45) is 8.06. The molecular weight excluding hydrogens is 274 g/mol. The molecule has 1 aliphatic heterocycles. The summed E-state index contributed by atoms with van der Waals surface area (Å²) in [6.45, 7) is 3.05. The second-order valence-corrected chi connectivity index (χ2v) is 8.28. The summed E-state index contributed by atoms with van der Waals surface area (Å²) in [6, 6.07) is 0.701. The third-order valence-electron chi connectivity index (χ3n) is 4.31. The van der Waals surface area contributed by atoms with Gasteiger partial charge >= 0.3 is 0 Å². The molecule has 1 aromatic heterocycles. The molecule has 1 aliphatic carbocycles. The molecule has 2 unspecified atom stereocenters. The minimum Gasteiger partial charge on any atom is -0.330 e. The minimum absolute atomic E-state index is 0.121. The van der Waals surface area contributed by atoms with Gasteiger partial charge in [-0.25, -0.2) is 13.4 Å². The van der Waals surface area contributed by atoms with Crippen molar-refractivity contribution >= 4 is 9.84 Å². The summed E-state index contributed by atoms with van der Waals surface area (Å²) < 4.78 is 25.8. The van der Waals surface area contributed by atoms with Crippen molar-refractivity contribution in [2.45, 2.75) is 44.7 Å². The fourth-order valence-electron chi connectivity index (χ4n) is 3.11. The van der Waals surface area contributed by atoms with Gasteiger partial charge in [0, 0.05) is 12.2 Å². The Labute approximate surface area is 120 Å². The third kappa shape index (κ3) is 2.91. The highest BCUT2D eigenvalue weighted by molar-refractivity contribution is 7.91. The van der Waals surface area contributed by atoms with E-state index in [2.05, 4.69) is 21.8 Å². The molecule has 1 aromatic rings. The van der Waals surface area contributed by atoms with Crippen molar-refractivity contribution in [2.75, 3.05) is 18.1 Å². The van der Waals surface area contributed by atoms with Gasteiger partial charge in [0.25, 0.3) is 0 Å². The number of nitrogens with one attached hydrogen (secondary N) is 1. The van der Waals surface area contributed by atoms with Crippen molar-refractivity contribution in [1.82, 2.24) is 14.9 Å². The zero-order valence-electron chi connectivity index (χ0n) is 12.0. The summed E-state index contributed by atoms with van der Waals surface area (Å²) in [4.78, 5) is 4.29. The lowest BCUT2D eigenvalue weighted by molar-refractivity contribution is 0.373. The van der Waals surface area contributed by atoms with Crippen molar-refractivity contribution in [3.63, 3.8) is 0 Å². The van der Waals surface area contributed by atoms with Crippen LogP contribution in [0, 0.1) is 5.92 Å². The number of rotatable bonds is 6. The summed E-state index contributed by atoms with van der Waals surface area (Å²) in [7, 11) is -2.84. The van der Waals surface area contributed by atoms with Gasteiger partial charge in [0.2, 0.25) is 0 Å². The molecule has 6 heteroatoms. The van der Waals surface area contributed by atoms with E-state index >= 15 is 0 Å². The van der Waals surface area contributed by atoms with Crippen LogP contribution in [0.25, 0.3) is 0 Å². The SMILES string of the molecule is CCCNC(c1cncn1C1CC1)C1CCS(=O)(=O)C1. The van der Waals surface area contributed by atoms with Gasteiger partial charge in [-0.15, -0.1) is 0 Å². The zero-order chi connectivity index (χ0) is 14.2. The molecule has 20 heavy (non-hydrogen) atoms. The van der Waals surface area contributed by atoms with E-state index in [-0.39, 0.29) is 12.0 Å². The maximum Gasteiger partial charge on any atom is 0.150 e. The molecule has 0 amide bonds. The standard InChI is InChI=1S/C14H23N3O2S/c1-2-6-16-14(11-5-7-20(18,19)9-11)13-8-15-10-17(13)12-3-4-12/h8,10-12,14,16H,2-7,9H2,1H3. The van der Waals surface area contributed by atoms with E-state index in [0.717, 1.165) is 19.4 Å². The molecule has 3 rings (SSSR count). The van der Waals surface area contributed by atoms with Crippen LogP contribution in [-0.2, 0) is 9.84 Å². The summed E-state index contributed by atoms with van der Waals surface area (Å²) in [5.74, 6) is 0.824. The van der Waals surface area contributed by atoms with Gasteiger partial charge in [-0.05, 0) is 38.1 Å². The molecule has 0 radical (unpaired) electrons. The van der Waals surface area contributed by atoms with Crippen molar-refractivity contribution in [1.29, 1.82) is 0 Å². The molecule has 5 nitrogen and oxygen atoms in total. The average molecular weight is 297 g/mol. The number of hydrogen-bond acceptors (Lipinski definition) is 4. The molecule has 1 saturated heterocycles. The van der Waals surface area contributed by atoms with Crippen LogP contribution in [0.5, 0.6) is 0 Å². The fraction of sp³-hybridized carbons (Fsp3) is 0.786. The van der Waals surface area contributed by atoms with Crippen molar-refractivity contribution in [3.8, 4) is 0 Å². The number of nitrogens with zero attached hydrogens (tertiary/aromatic N) is 2. The molecule has 1 saturated carbocycles. The second-order valence-electron chi connectivity index (χ2n) is 6.05. The van der Waals surface area contributed by atoms with Crippen LogP contribution in [0.15, 0.2) is 12.5 Å². The van der Waals surface area contributed by atoms with Crippen molar-refractivity contribution in [2.24, 2.45) is 5.92 Å². The van der Waals surface area contributed by atoms with Gasteiger partial charge in [0.15, 0.2) is 9.84 Å². The van der Waals surface area contributed by atoms with Gasteiger partial charge in [-0.2, -0.15) is 0 Å². The Morgan fingerprint density at radius 1 is 1.45 bits per heavy atom. The molecule has 2 atom stereocenters. The Hall–Kier alpha value is -0.880. The molecule has 2 aliphatic rings. The smallest absolute Gasteiger partial charge is 0.150 e. The van der Waals surface area contributed by atoms with Crippen LogP contribution in [0.4, 0.5) is 0 Å². The van der Waals surface area contributed by atoms with Crippen LogP contribution >= 0.6 is 0 Å². The second kappa shape index (κ2) is 5.48. The van der Waals surface area contributed by atoms with E-state index in [9.17, 15) is 8.42 Å². The van der Waals surface area contributed by atoms with Crippen LogP contribution < -0.4 is 5.32 Å². The third-order valence-corrected chi connectivity index (χ3v) is 6.10. The van der Waals surface area contributed by atoms with Crippen molar-refractivity contribution in [3.05, 3.63) is 18.2 Å². The molecule has 0 aromatic carbocycles. The van der Waals surface area contributed by atoms with Crippen LogP contribution in [-0.4, -0.2) is 36.0 Å². The number of aromatic nitrogens is 2. The van der Waals surface area contributed by atoms with Crippen LogP contribution in [0.3, 0.4) is 0 Å². The summed E-state index contributed by atoms with van der Waals surface area (Å²) in [5, 5.41) is 3.55. The number of imidazole rings is 1. The van der Waals surface area contributed by atoms with E-state index in [1.165, 1.54) is 18.5 Å². The van der Waals surface area contributed by atoms with Gasteiger partial charge < -0.3 is 9.88 Å². The lowest BCUT2D eigenvalue weighted by Gasteiger charge is -2.25. The van der Waals surface area contributed by atoms with E-state index in [4.69, 9.17) is 0 Å². The number of sulfone groups is 1. The van der Waals surface area contributed by atoms with Gasteiger partial charge in [-0.1, -0.05) is 6.92 Å². The first kappa shape index (κ1) is 14.1.